The Balaban J connectivity index is 2.13. The molecule has 1 heterocycles. The highest BCUT2D eigenvalue weighted by atomic mass is 79.9. The zero-order valence-corrected chi connectivity index (χ0v) is 11.8. The second kappa shape index (κ2) is 4.39. The monoisotopic (exact) mass is 303 g/mol. The summed E-state index contributed by atoms with van der Waals surface area (Å²) in [4.78, 5) is 14.3. The maximum absolute atomic E-state index is 12.4. The highest BCUT2D eigenvalue weighted by molar-refractivity contribution is 9.09. The summed E-state index contributed by atoms with van der Waals surface area (Å²) in [5.74, 6) is 0.577. The van der Waals surface area contributed by atoms with Crippen molar-refractivity contribution in [2.75, 3.05) is 16.8 Å². The van der Waals surface area contributed by atoms with Gasteiger partial charge in [0, 0.05) is 22.8 Å². The van der Waals surface area contributed by atoms with E-state index in [2.05, 4.69) is 35.0 Å². The lowest BCUT2D eigenvalue weighted by atomic mass is 10.1. The van der Waals surface area contributed by atoms with E-state index in [0.29, 0.717) is 5.92 Å². The lowest BCUT2D eigenvalue weighted by Gasteiger charge is -2.20. The minimum absolute atomic E-state index is 0.134. The molecule has 2 aromatic rings. The summed E-state index contributed by atoms with van der Waals surface area (Å²) in [5, 5.41) is 3.16. The molecule has 0 aliphatic carbocycles. The van der Waals surface area contributed by atoms with Crippen LogP contribution in [0.3, 0.4) is 0 Å². The molecule has 1 amide bonds. The number of carbonyl (C=O) groups is 1. The summed E-state index contributed by atoms with van der Waals surface area (Å²) in [5.41, 5.74) is 1.89. The molecule has 0 bridgehead atoms. The standard InChI is InChI=1S/C15H14BrNO/c1-10(8-16)9-17-13-7-3-5-11-4-2-6-12(14(11)13)15(17)18/h2-7,10H,8-9H2,1H3. The topological polar surface area (TPSA) is 20.3 Å². The Hall–Kier alpha value is -1.35. The first-order chi connectivity index (χ1) is 8.72. The molecule has 2 nitrogen and oxygen atoms in total. The Morgan fingerprint density at radius 3 is 2.67 bits per heavy atom. The van der Waals surface area contributed by atoms with E-state index in [4.69, 9.17) is 0 Å². The zero-order chi connectivity index (χ0) is 12.7. The molecule has 3 heteroatoms. The third-order valence-electron chi connectivity index (χ3n) is 3.41. The summed E-state index contributed by atoms with van der Waals surface area (Å²) in [6.07, 6.45) is 0. The number of hydrogen-bond acceptors (Lipinski definition) is 1. The largest absolute Gasteiger partial charge is 0.307 e. The molecular formula is C15H14BrNO. The van der Waals surface area contributed by atoms with Gasteiger partial charge in [0.15, 0.2) is 0 Å². The number of halogens is 1. The van der Waals surface area contributed by atoms with Crippen molar-refractivity contribution >= 4 is 38.3 Å². The van der Waals surface area contributed by atoms with Gasteiger partial charge in [-0.15, -0.1) is 0 Å². The fourth-order valence-corrected chi connectivity index (χ4v) is 2.73. The van der Waals surface area contributed by atoms with Crippen LogP contribution in [0.25, 0.3) is 10.8 Å². The number of anilines is 1. The molecule has 0 aromatic heterocycles. The van der Waals surface area contributed by atoms with Gasteiger partial charge in [-0.05, 0) is 23.4 Å². The van der Waals surface area contributed by atoms with Gasteiger partial charge >= 0.3 is 0 Å². The first-order valence-corrected chi connectivity index (χ1v) is 7.24. The second-order valence-electron chi connectivity index (χ2n) is 4.86. The third-order valence-corrected chi connectivity index (χ3v) is 4.51. The van der Waals surface area contributed by atoms with Crippen molar-refractivity contribution in [2.45, 2.75) is 6.92 Å². The van der Waals surface area contributed by atoms with Crippen molar-refractivity contribution in [3.63, 3.8) is 0 Å². The third kappa shape index (κ3) is 1.65. The predicted molar refractivity (Wildman–Crippen MR) is 78.6 cm³/mol. The highest BCUT2D eigenvalue weighted by Crippen LogP contribution is 2.37. The summed E-state index contributed by atoms with van der Waals surface area (Å²) < 4.78 is 0. The molecule has 0 N–H and O–H groups in total. The number of hydrogen-bond donors (Lipinski definition) is 0. The van der Waals surface area contributed by atoms with Gasteiger partial charge < -0.3 is 4.90 Å². The van der Waals surface area contributed by atoms with Crippen molar-refractivity contribution in [3.8, 4) is 0 Å². The van der Waals surface area contributed by atoms with Gasteiger partial charge in [-0.2, -0.15) is 0 Å². The fourth-order valence-electron chi connectivity index (χ4n) is 2.52. The summed E-state index contributed by atoms with van der Waals surface area (Å²) in [6, 6.07) is 12.1. The predicted octanol–water partition coefficient (Wildman–Crippen LogP) is 3.83. The number of alkyl halides is 1. The molecule has 18 heavy (non-hydrogen) atoms. The van der Waals surface area contributed by atoms with Crippen molar-refractivity contribution in [3.05, 3.63) is 42.0 Å². The first-order valence-electron chi connectivity index (χ1n) is 6.12. The summed E-state index contributed by atoms with van der Waals surface area (Å²) in [6.45, 7) is 2.91. The van der Waals surface area contributed by atoms with Crippen LogP contribution in [0.4, 0.5) is 5.69 Å². The van der Waals surface area contributed by atoms with Gasteiger partial charge in [-0.25, -0.2) is 0 Å². The van der Waals surface area contributed by atoms with Gasteiger partial charge in [0.2, 0.25) is 0 Å². The van der Waals surface area contributed by atoms with Gasteiger partial charge in [-0.3, -0.25) is 4.79 Å². The Morgan fingerprint density at radius 1 is 1.22 bits per heavy atom. The molecule has 0 radical (unpaired) electrons. The van der Waals surface area contributed by atoms with E-state index >= 15 is 0 Å². The normalized spacial score (nSPS) is 15.4. The summed E-state index contributed by atoms with van der Waals surface area (Å²) >= 11 is 3.48. The van der Waals surface area contributed by atoms with Crippen molar-refractivity contribution in [1.29, 1.82) is 0 Å². The van der Waals surface area contributed by atoms with Crippen LogP contribution in [0.1, 0.15) is 17.3 Å². The maximum atomic E-state index is 12.4. The average molecular weight is 304 g/mol. The molecule has 0 saturated carbocycles. The number of carbonyl (C=O) groups excluding carboxylic acids is 1. The van der Waals surface area contributed by atoms with E-state index < -0.39 is 0 Å². The van der Waals surface area contributed by atoms with Crippen molar-refractivity contribution < 1.29 is 4.79 Å². The van der Waals surface area contributed by atoms with Crippen LogP contribution >= 0.6 is 15.9 Å². The van der Waals surface area contributed by atoms with E-state index in [1.54, 1.807) is 0 Å². The Labute approximate surface area is 115 Å². The van der Waals surface area contributed by atoms with Crippen LogP contribution in [-0.4, -0.2) is 17.8 Å². The molecule has 0 spiro atoms. The quantitative estimate of drug-likeness (QED) is 0.789. The van der Waals surface area contributed by atoms with Gasteiger partial charge in [0.25, 0.3) is 5.91 Å². The van der Waals surface area contributed by atoms with Gasteiger partial charge in [-0.1, -0.05) is 47.1 Å². The molecule has 1 aliphatic heterocycles. The lowest BCUT2D eigenvalue weighted by Crippen LogP contribution is -2.31. The Kier molecular flexibility index (Phi) is 2.86. The van der Waals surface area contributed by atoms with Crippen LogP contribution in [0.15, 0.2) is 36.4 Å². The number of nitrogens with zero attached hydrogens (tertiary/aromatic N) is 1. The molecule has 3 rings (SSSR count). The van der Waals surface area contributed by atoms with E-state index in [1.165, 1.54) is 0 Å². The van der Waals surface area contributed by atoms with Crippen LogP contribution < -0.4 is 4.90 Å². The van der Waals surface area contributed by atoms with E-state index in [-0.39, 0.29) is 5.91 Å². The number of benzene rings is 2. The van der Waals surface area contributed by atoms with Crippen LogP contribution in [0.5, 0.6) is 0 Å². The van der Waals surface area contributed by atoms with Gasteiger partial charge in [0.05, 0.1) is 5.69 Å². The zero-order valence-electron chi connectivity index (χ0n) is 10.2. The lowest BCUT2D eigenvalue weighted by molar-refractivity contribution is 0.0990. The molecule has 92 valence electrons. The van der Waals surface area contributed by atoms with E-state index in [0.717, 1.165) is 33.9 Å². The molecule has 1 aliphatic rings. The second-order valence-corrected chi connectivity index (χ2v) is 5.50. The maximum Gasteiger partial charge on any atom is 0.259 e. The number of amides is 1. The Morgan fingerprint density at radius 2 is 1.94 bits per heavy atom. The van der Waals surface area contributed by atoms with Crippen LogP contribution in [0, 0.1) is 5.92 Å². The molecule has 1 atom stereocenters. The van der Waals surface area contributed by atoms with Crippen LogP contribution in [0.2, 0.25) is 0 Å². The van der Waals surface area contributed by atoms with E-state index in [9.17, 15) is 4.79 Å². The molecule has 1 unspecified atom stereocenters. The Bertz CT molecular complexity index is 618. The van der Waals surface area contributed by atoms with Crippen molar-refractivity contribution in [2.24, 2.45) is 5.92 Å². The molecule has 2 aromatic carbocycles. The van der Waals surface area contributed by atoms with Crippen LogP contribution in [-0.2, 0) is 0 Å². The minimum atomic E-state index is 0.134. The minimum Gasteiger partial charge on any atom is -0.307 e. The van der Waals surface area contributed by atoms with Crippen molar-refractivity contribution in [1.82, 2.24) is 0 Å². The average Bonchev–Trinajstić information content (AvgIpc) is 2.67. The van der Waals surface area contributed by atoms with E-state index in [1.807, 2.05) is 29.2 Å². The smallest absolute Gasteiger partial charge is 0.259 e. The highest BCUT2D eigenvalue weighted by Gasteiger charge is 2.29. The summed E-state index contributed by atoms with van der Waals surface area (Å²) in [7, 11) is 0. The molecule has 0 fully saturated rings. The molecule has 0 saturated heterocycles. The number of rotatable bonds is 3. The SMILES string of the molecule is CC(CBr)CN1C(=O)c2cccc3cccc1c23. The first kappa shape index (κ1) is 11.7. The van der Waals surface area contributed by atoms with Gasteiger partial charge in [0.1, 0.15) is 0 Å². The fraction of sp³-hybridized carbons (Fsp3) is 0.267. The molecular weight excluding hydrogens is 290 g/mol.